The third kappa shape index (κ3) is 4.86. The second-order valence-electron chi connectivity index (χ2n) is 4.62. The van der Waals surface area contributed by atoms with Gasteiger partial charge in [0.25, 0.3) is 0 Å². The van der Waals surface area contributed by atoms with Gasteiger partial charge >= 0.3 is 6.36 Å². The SMILES string of the molecule is N#C/C(=C/c1ccc(Cl)cc1)C(=O)c1ccc(OC(F)(F)F)cc1. The zero-order valence-electron chi connectivity index (χ0n) is 12.0. The number of carbonyl (C=O) groups excluding carboxylic acids is 1. The Morgan fingerprint density at radius 3 is 2.17 bits per heavy atom. The molecule has 2 aromatic carbocycles. The largest absolute Gasteiger partial charge is 0.573 e. The van der Waals surface area contributed by atoms with E-state index in [4.69, 9.17) is 16.9 Å². The van der Waals surface area contributed by atoms with E-state index in [2.05, 4.69) is 4.74 Å². The maximum Gasteiger partial charge on any atom is 0.573 e. The number of carbonyl (C=O) groups is 1. The van der Waals surface area contributed by atoms with Gasteiger partial charge in [-0.1, -0.05) is 23.7 Å². The highest BCUT2D eigenvalue weighted by atomic mass is 35.5. The second-order valence-corrected chi connectivity index (χ2v) is 5.06. The van der Waals surface area contributed by atoms with Crippen LogP contribution in [-0.4, -0.2) is 12.1 Å². The summed E-state index contributed by atoms with van der Waals surface area (Å²) in [6.45, 7) is 0. The molecule has 0 N–H and O–H groups in total. The number of ketones is 1. The smallest absolute Gasteiger partial charge is 0.406 e. The summed E-state index contributed by atoms with van der Waals surface area (Å²) in [5.41, 5.74) is 0.523. The highest BCUT2D eigenvalue weighted by molar-refractivity contribution is 6.30. The zero-order chi connectivity index (χ0) is 17.7. The summed E-state index contributed by atoms with van der Waals surface area (Å²) >= 11 is 5.76. The molecule has 2 aromatic rings. The lowest BCUT2D eigenvalue weighted by atomic mass is 10.0. The van der Waals surface area contributed by atoms with E-state index in [-0.39, 0.29) is 11.1 Å². The molecule has 0 aliphatic rings. The van der Waals surface area contributed by atoms with Crippen molar-refractivity contribution in [3.05, 3.63) is 70.3 Å². The van der Waals surface area contributed by atoms with Gasteiger partial charge in [0, 0.05) is 10.6 Å². The Morgan fingerprint density at radius 1 is 1.08 bits per heavy atom. The molecule has 0 bridgehead atoms. The van der Waals surface area contributed by atoms with E-state index in [9.17, 15) is 18.0 Å². The number of hydrogen-bond acceptors (Lipinski definition) is 3. The summed E-state index contributed by atoms with van der Waals surface area (Å²) in [7, 11) is 0. The molecule has 0 fully saturated rings. The van der Waals surface area contributed by atoms with E-state index in [0.29, 0.717) is 10.6 Å². The summed E-state index contributed by atoms with van der Waals surface area (Å²) in [5.74, 6) is -1.05. The lowest BCUT2D eigenvalue weighted by molar-refractivity contribution is -0.274. The molecule has 0 radical (unpaired) electrons. The van der Waals surface area contributed by atoms with Crippen molar-refractivity contribution >= 4 is 23.5 Å². The molecule has 0 aliphatic carbocycles. The van der Waals surface area contributed by atoms with E-state index in [1.165, 1.54) is 6.08 Å². The predicted octanol–water partition coefficient (Wildman–Crippen LogP) is 5.03. The number of nitriles is 1. The molecule has 0 saturated heterocycles. The van der Waals surface area contributed by atoms with Gasteiger partial charge in [-0.3, -0.25) is 4.79 Å². The first-order chi connectivity index (χ1) is 11.3. The summed E-state index contributed by atoms with van der Waals surface area (Å²) in [6.07, 6.45) is -3.43. The van der Waals surface area contributed by atoms with E-state index in [1.54, 1.807) is 30.3 Å². The molecule has 0 saturated carbocycles. The molecule has 24 heavy (non-hydrogen) atoms. The van der Waals surface area contributed by atoms with Crippen LogP contribution in [0.15, 0.2) is 54.1 Å². The number of rotatable bonds is 4. The minimum Gasteiger partial charge on any atom is -0.406 e. The molecule has 3 nitrogen and oxygen atoms in total. The third-order valence-electron chi connectivity index (χ3n) is 2.90. The van der Waals surface area contributed by atoms with Crippen molar-refractivity contribution in [1.82, 2.24) is 0 Å². The normalized spacial score (nSPS) is 11.7. The Morgan fingerprint density at radius 2 is 1.67 bits per heavy atom. The lowest BCUT2D eigenvalue weighted by Gasteiger charge is -2.08. The molecule has 0 atom stereocenters. The van der Waals surface area contributed by atoms with Gasteiger partial charge in [-0.15, -0.1) is 13.2 Å². The van der Waals surface area contributed by atoms with Crippen LogP contribution in [0.3, 0.4) is 0 Å². The van der Waals surface area contributed by atoms with E-state index >= 15 is 0 Å². The van der Waals surface area contributed by atoms with Crippen LogP contribution in [0.1, 0.15) is 15.9 Å². The lowest BCUT2D eigenvalue weighted by Crippen LogP contribution is -2.17. The van der Waals surface area contributed by atoms with Crippen molar-refractivity contribution < 1.29 is 22.7 Å². The fraction of sp³-hybridized carbons (Fsp3) is 0.0588. The zero-order valence-corrected chi connectivity index (χ0v) is 12.7. The molecular weight excluding hydrogens is 343 g/mol. The van der Waals surface area contributed by atoms with Gasteiger partial charge in [-0.05, 0) is 48.0 Å². The highest BCUT2D eigenvalue weighted by Crippen LogP contribution is 2.23. The van der Waals surface area contributed by atoms with Gasteiger partial charge < -0.3 is 4.74 Å². The molecular formula is C17H9ClF3NO2. The number of hydrogen-bond donors (Lipinski definition) is 0. The van der Waals surface area contributed by atoms with E-state index in [1.807, 2.05) is 0 Å². The monoisotopic (exact) mass is 351 g/mol. The van der Waals surface area contributed by atoms with E-state index < -0.39 is 17.9 Å². The molecule has 0 aliphatic heterocycles. The van der Waals surface area contributed by atoms with Crippen LogP contribution in [0.5, 0.6) is 5.75 Å². The Bertz CT molecular complexity index is 804. The molecule has 2 rings (SSSR count). The number of alkyl halides is 3. The molecule has 0 heterocycles. The topological polar surface area (TPSA) is 50.1 Å². The third-order valence-corrected chi connectivity index (χ3v) is 3.15. The fourth-order valence-corrected chi connectivity index (χ4v) is 1.96. The Balaban J connectivity index is 2.22. The van der Waals surface area contributed by atoms with Crippen LogP contribution < -0.4 is 4.74 Å². The highest BCUT2D eigenvalue weighted by Gasteiger charge is 2.31. The van der Waals surface area contributed by atoms with Crippen LogP contribution in [0.4, 0.5) is 13.2 Å². The Hall–Kier alpha value is -2.78. The minimum atomic E-state index is -4.81. The predicted molar refractivity (Wildman–Crippen MR) is 82.5 cm³/mol. The first kappa shape index (κ1) is 17.6. The summed E-state index contributed by atoms with van der Waals surface area (Å²) < 4.78 is 40.0. The van der Waals surface area contributed by atoms with Gasteiger partial charge in [0.1, 0.15) is 17.4 Å². The Labute approximate surface area is 140 Å². The average Bonchev–Trinajstić information content (AvgIpc) is 2.53. The van der Waals surface area contributed by atoms with Crippen LogP contribution in [0.2, 0.25) is 5.02 Å². The van der Waals surface area contributed by atoms with Crippen molar-refractivity contribution in [2.75, 3.05) is 0 Å². The number of benzene rings is 2. The maximum absolute atomic E-state index is 12.3. The fourth-order valence-electron chi connectivity index (χ4n) is 1.84. The van der Waals surface area contributed by atoms with Crippen LogP contribution >= 0.6 is 11.6 Å². The van der Waals surface area contributed by atoms with Gasteiger partial charge in [0.15, 0.2) is 0 Å². The first-order valence-electron chi connectivity index (χ1n) is 6.56. The van der Waals surface area contributed by atoms with Crippen molar-refractivity contribution in [2.24, 2.45) is 0 Å². The van der Waals surface area contributed by atoms with Crippen molar-refractivity contribution in [1.29, 1.82) is 5.26 Å². The number of allylic oxidation sites excluding steroid dienone is 1. The molecule has 122 valence electrons. The summed E-state index contributed by atoms with van der Waals surface area (Å²) in [6, 6.07) is 12.6. The quantitative estimate of drug-likeness (QED) is 0.441. The first-order valence-corrected chi connectivity index (χ1v) is 6.94. The van der Waals surface area contributed by atoms with Gasteiger partial charge in [-0.2, -0.15) is 5.26 Å². The molecule has 7 heteroatoms. The Kier molecular flexibility index (Phi) is 5.27. The second kappa shape index (κ2) is 7.20. The summed E-state index contributed by atoms with van der Waals surface area (Å²) in [4.78, 5) is 12.3. The van der Waals surface area contributed by atoms with Crippen LogP contribution in [-0.2, 0) is 0 Å². The van der Waals surface area contributed by atoms with Crippen molar-refractivity contribution in [3.8, 4) is 11.8 Å². The van der Waals surface area contributed by atoms with Crippen molar-refractivity contribution in [2.45, 2.75) is 6.36 Å². The molecule has 0 spiro atoms. The van der Waals surface area contributed by atoms with Gasteiger partial charge in [0.2, 0.25) is 5.78 Å². The average molecular weight is 352 g/mol. The molecule has 0 unspecified atom stereocenters. The summed E-state index contributed by atoms with van der Waals surface area (Å²) in [5, 5.41) is 9.65. The standard InChI is InChI=1S/C17H9ClF3NO2/c18-14-5-1-11(2-6-14)9-13(10-22)16(23)12-3-7-15(8-4-12)24-17(19,20)21/h1-9H/b13-9-. The van der Waals surface area contributed by atoms with Crippen molar-refractivity contribution in [3.63, 3.8) is 0 Å². The number of Topliss-reactive ketones (excluding diaryl/α,β-unsaturated/α-hetero) is 1. The minimum absolute atomic E-state index is 0.0753. The van der Waals surface area contributed by atoms with Gasteiger partial charge in [0.05, 0.1) is 0 Å². The maximum atomic E-state index is 12.3. The van der Waals surface area contributed by atoms with Gasteiger partial charge in [-0.25, -0.2) is 0 Å². The molecule has 0 amide bonds. The van der Waals surface area contributed by atoms with E-state index in [0.717, 1.165) is 24.3 Å². The van der Waals surface area contributed by atoms with Crippen LogP contribution in [0, 0.1) is 11.3 Å². The number of halogens is 4. The number of ether oxygens (including phenoxy) is 1. The van der Waals surface area contributed by atoms with Crippen LogP contribution in [0.25, 0.3) is 6.08 Å². The molecule has 0 aromatic heterocycles. The number of nitrogens with zero attached hydrogens (tertiary/aromatic N) is 1.